The molecule has 1 aromatic rings. The third-order valence-corrected chi connectivity index (χ3v) is 1.49. The molecule has 2 heteroatoms. The summed E-state index contributed by atoms with van der Waals surface area (Å²) in [6.07, 6.45) is 0. The summed E-state index contributed by atoms with van der Waals surface area (Å²) in [4.78, 5) is 0. The summed E-state index contributed by atoms with van der Waals surface area (Å²) >= 11 is 0. The molecule has 0 atom stereocenters. The highest BCUT2D eigenvalue weighted by Crippen LogP contribution is 1.81. The second kappa shape index (κ2) is 1.65. The largest absolute Gasteiger partial charge is 0.397 e. The SMILES string of the molecule is C=c1cc(N)c(=C)n1C. The lowest BCUT2D eigenvalue weighted by molar-refractivity contribution is 0.865. The Balaban J connectivity index is 3.68. The van der Waals surface area contributed by atoms with Gasteiger partial charge in [0.1, 0.15) is 0 Å². The number of nitrogens with two attached hydrogens (primary N) is 1. The van der Waals surface area contributed by atoms with Crippen molar-refractivity contribution in [1.29, 1.82) is 0 Å². The van der Waals surface area contributed by atoms with Gasteiger partial charge in [0.05, 0.1) is 11.0 Å². The van der Waals surface area contributed by atoms with Crippen LogP contribution in [-0.2, 0) is 7.05 Å². The molecule has 0 unspecified atom stereocenters. The second-order valence-electron chi connectivity index (χ2n) is 2.10. The van der Waals surface area contributed by atoms with E-state index >= 15 is 0 Å². The van der Waals surface area contributed by atoms with Crippen molar-refractivity contribution in [3.8, 4) is 0 Å². The number of hydrogen-bond donors (Lipinski definition) is 1. The molecule has 0 spiro atoms. The number of anilines is 1. The molecule has 0 fully saturated rings. The fourth-order valence-electron chi connectivity index (χ4n) is 0.727. The lowest BCUT2D eigenvalue weighted by Gasteiger charge is -1.87. The molecule has 2 nitrogen and oxygen atoms in total. The average molecular weight is 122 g/mol. The van der Waals surface area contributed by atoms with Crippen molar-refractivity contribution in [3.63, 3.8) is 0 Å². The molecular weight excluding hydrogens is 112 g/mol. The predicted octanol–water partition coefficient (Wildman–Crippen LogP) is -0.572. The summed E-state index contributed by atoms with van der Waals surface area (Å²) in [6.45, 7) is 7.48. The molecule has 0 aliphatic heterocycles. The van der Waals surface area contributed by atoms with Gasteiger partial charge in [0.15, 0.2) is 0 Å². The van der Waals surface area contributed by atoms with Crippen molar-refractivity contribution in [3.05, 3.63) is 16.8 Å². The van der Waals surface area contributed by atoms with E-state index in [0.717, 1.165) is 10.7 Å². The van der Waals surface area contributed by atoms with E-state index in [1.54, 1.807) is 0 Å². The van der Waals surface area contributed by atoms with Gasteiger partial charge in [-0.05, 0) is 6.07 Å². The summed E-state index contributed by atoms with van der Waals surface area (Å²) in [5, 5.41) is 1.73. The zero-order chi connectivity index (χ0) is 7.02. The first-order valence-corrected chi connectivity index (χ1v) is 2.72. The van der Waals surface area contributed by atoms with Crippen molar-refractivity contribution in [2.75, 3.05) is 5.73 Å². The minimum absolute atomic E-state index is 0.711. The highest BCUT2D eigenvalue weighted by molar-refractivity contribution is 5.39. The summed E-state index contributed by atoms with van der Waals surface area (Å²) in [5.41, 5.74) is 6.23. The van der Waals surface area contributed by atoms with E-state index in [9.17, 15) is 0 Å². The van der Waals surface area contributed by atoms with Crippen LogP contribution in [-0.4, -0.2) is 4.57 Å². The van der Waals surface area contributed by atoms with Crippen LogP contribution in [0.1, 0.15) is 0 Å². The van der Waals surface area contributed by atoms with E-state index in [0.29, 0.717) is 5.69 Å². The Labute approximate surface area is 53.9 Å². The van der Waals surface area contributed by atoms with Gasteiger partial charge in [-0.15, -0.1) is 0 Å². The van der Waals surface area contributed by atoms with Gasteiger partial charge in [0.2, 0.25) is 0 Å². The lowest BCUT2D eigenvalue weighted by atomic mass is 10.5. The van der Waals surface area contributed by atoms with E-state index in [1.165, 1.54) is 0 Å². The summed E-state index contributed by atoms with van der Waals surface area (Å²) in [7, 11) is 1.89. The van der Waals surface area contributed by atoms with Gasteiger partial charge in [-0.1, -0.05) is 13.2 Å². The molecular formula is C7H10N2. The maximum absolute atomic E-state index is 5.52. The molecule has 1 heterocycles. The van der Waals surface area contributed by atoms with Crippen molar-refractivity contribution in [2.24, 2.45) is 7.05 Å². The molecule has 9 heavy (non-hydrogen) atoms. The Kier molecular flexibility index (Phi) is 1.09. The molecule has 0 aromatic carbocycles. The normalized spacial score (nSPS) is 9.89. The molecule has 0 saturated carbocycles. The molecule has 2 N–H and O–H groups in total. The zero-order valence-corrected chi connectivity index (χ0v) is 5.52. The second-order valence-corrected chi connectivity index (χ2v) is 2.10. The van der Waals surface area contributed by atoms with Crippen molar-refractivity contribution in [2.45, 2.75) is 0 Å². The fourth-order valence-corrected chi connectivity index (χ4v) is 0.727. The minimum atomic E-state index is 0.711. The van der Waals surface area contributed by atoms with E-state index < -0.39 is 0 Å². The minimum Gasteiger partial charge on any atom is -0.397 e. The number of nitrogens with zero attached hydrogens (tertiary/aromatic N) is 1. The van der Waals surface area contributed by atoms with Gasteiger partial charge in [0, 0.05) is 12.4 Å². The molecule has 1 rings (SSSR count). The van der Waals surface area contributed by atoms with Crippen LogP contribution >= 0.6 is 0 Å². The standard InChI is InChI=1S/C7H10N2/c1-5-4-7(8)6(2)9(5)3/h4H,1-2,8H2,3H3. The molecule has 0 aliphatic rings. The molecule has 1 aromatic heterocycles. The van der Waals surface area contributed by atoms with Gasteiger partial charge in [-0.3, -0.25) is 0 Å². The molecule has 0 radical (unpaired) electrons. The van der Waals surface area contributed by atoms with Crippen molar-refractivity contribution < 1.29 is 0 Å². The summed E-state index contributed by atoms with van der Waals surface area (Å²) < 4.78 is 1.86. The van der Waals surface area contributed by atoms with Crippen LogP contribution in [0.4, 0.5) is 5.69 Å². The Bertz CT molecular complexity index is 308. The van der Waals surface area contributed by atoms with E-state index in [4.69, 9.17) is 5.73 Å². The third kappa shape index (κ3) is 0.721. The van der Waals surface area contributed by atoms with Crippen molar-refractivity contribution in [1.82, 2.24) is 4.57 Å². The van der Waals surface area contributed by atoms with Gasteiger partial charge in [0.25, 0.3) is 0 Å². The Morgan fingerprint density at radius 1 is 1.56 bits per heavy atom. The summed E-state index contributed by atoms with van der Waals surface area (Å²) in [6, 6.07) is 1.81. The number of rotatable bonds is 0. The first-order valence-electron chi connectivity index (χ1n) is 2.72. The van der Waals surface area contributed by atoms with E-state index in [1.807, 2.05) is 17.7 Å². The lowest BCUT2D eigenvalue weighted by Crippen LogP contribution is -2.21. The Hall–Kier alpha value is -1.18. The first kappa shape index (κ1) is 5.95. The molecule has 0 saturated heterocycles. The van der Waals surface area contributed by atoms with Gasteiger partial charge >= 0.3 is 0 Å². The highest BCUT2D eigenvalue weighted by Gasteiger charge is 1.90. The first-order chi connectivity index (χ1) is 4.13. The number of hydrogen-bond acceptors (Lipinski definition) is 1. The molecule has 0 amide bonds. The Morgan fingerprint density at radius 2 is 2.11 bits per heavy atom. The van der Waals surface area contributed by atoms with Crippen LogP contribution in [0, 0.1) is 0 Å². The van der Waals surface area contributed by atoms with Gasteiger partial charge < -0.3 is 10.3 Å². The van der Waals surface area contributed by atoms with Crippen LogP contribution in [0.2, 0.25) is 0 Å². The smallest absolute Gasteiger partial charge is 0.0569 e. The highest BCUT2D eigenvalue weighted by atomic mass is 14.9. The van der Waals surface area contributed by atoms with Gasteiger partial charge in [-0.2, -0.15) is 0 Å². The third-order valence-electron chi connectivity index (χ3n) is 1.49. The average Bonchev–Trinajstić information content (AvgIpc) is 1.98. The molecule has 48 valence electrons. The molecule has 0 aliphatic carbocycles. The Morgan fingerprint density at radius 3 is 2.22 bits per heavy atom. The quantitative estimate of drug-likeness (QED) is 0.491. The van der Waals surface area contributed by atoms with Crippen LogP contribution in [0.5, 0.6) is 0 Å². The molecule has 0 bridgehead atoms. The zero-order valence-electron chi connectivity index (χ0n) is 5.52. The fraction of sp³-hybridized carbons (Fsp3) is 0.143. The maximum Gasteiger partial charge on any atom is 0.0569 e. The maximum atomic E-state index is 5.52. The van der Waals surface area contributed by atoms with Crippen molar-refractivity contribution >= 4 is 18.8 Å². The monoisotopic (exact) mass is 122 g/mol. The van der Waals surface area contributed by atoms with Crippen LogP contribution in [0.15, 0.2) is 6.07 Å². The van der Waals surface area contributed by atoms with Crippen LogP contribution in [0.25, 0.3) is 13.2 Å². The predicted molar refractivity (Wildman–Crippen MR) is 40.1 cm³/mol. The van der Waals surface area contributed by atoms with E-state index in [-0.39, 0.29) is 0 Å². The topological polar surface area (TPSA) is 30.9 Å². The number of nitrogen functional groups attached to an aromatic ring is 1. The van der Waals surface area contributed by atoms with Crippen LogP contribution in [0.3, 0.4) is 0 Å². The van der Waals surface area contributed by atoms with Crippen LogP contribution < -0.4 is 16.4 Å². The summed E-state index contributed by atoms with van der Waals surface area (Å²) in [5.74, 6) is 0. The van der Waals surface area contributed by atoms with E-state index in [2.05, 4.69) is 13.2 Å². The van der Waals surface area contributed by atoms with Gasteiger partial charge in [-0.25, -0.2) is 0 Å². The number of aromatic nitrogens is 1.